The average Bonchev–Trinajstić information content (AvgIpc) is 3.90. The fourth-order valence-electron chi connectivity index (χ4n) is 5.26. The van der Waals surface area contributed by atoms with Gasteiger partial charge in [0.05, 0.1) is 35.2 Å². The molecule has 0 saturated carbocycles. The largest absolute Gasteiger partial charge is 0.772 e. The maximum absolute atomic E-state index is 12.6. The van der Waals surface area contributed by atoms with Crippen molar-refractivity contribution >= 4 is 55.6 Å². The molecule has 0 bridgehead atoms. The Morgan fingerprint density at radius 3 is 1.69 bits per heavy atom. The van der Waals surface area contributed by atoms with Gasteiger partial charge in [0.1, 0.15) is 4.90 Å². The molecule has 0 saturated heterocycles. The molecule has 0 aliphatic heterocycles. The van der Waals surface area contributed by atoms with Crippen molar-refractivity contribution in [2.24, 2.45) is 20.5 Å². The van der Waals surface area contributed by atoms with Gasteiger partial charge in [-0.15, -0.1) is 20.5 Å². The van der Waals surface area contributed by atoms with Crippen LogP contribution in [0.3, 0.4) is 0 Å². The molecule has 7 rings (SSSR count). The van der Waals surface area contributed by atoms with Crippen molar-refractivity contribution in [3.05, 3.63) is 90.0 Å². The van der Waals surface area contributed by atoms with Crippen molar-refractivity contribution in [3.8, 4) is 29.3 Å². The molecule has 22 nitrogen and oxygen atoms in total. The van der Waals surface area contributed by atoms with E-state index in [2.05, 4.69) is 55.8 Å². The van der Waals surface area contributed by atoms with E-state index in [-0.39, 0.29) is 68.6 Å². The summed E-state index contributed by atoms with van der Waals surface area (Å²) < 4.78 is 53.2. The minimum atomic E-state index is -3.76. The molecule has 0 spiro atoms. The molecule has 0 radical (unpaired) electrons. The summed E-state index contributed by atoms with van der Waals surface area (Å²) >= 11 is -2.44. The standard InChI is InChI=1S/C31H29N17O5S2/c1-17-23(39-41-27-19(16-54(50)51)14-34-45(27)20-10-6-4-7-11-20)25(32)47(43-17)29-36-30(38-31(49)37-29)48-26(33)24(18(2)44-48)40-42-28-22(55(3,52)53)15-35-46(28)21-12-8-5-9-13-21/h4-15H,16,32-33H2,1-3H3,(H,50,51)(H,36,37,38,49)/p-1. The van der Waals surface area contributed by atoms with Crippen LogP contribution in [0.2, 0.25) is 0 Å². The first kappa shape index (κ1) is 36.3. The lowest BCUT2D eigenvalue weighted by molar-refractivity contribution is 0.423. The van der Waals surface area contributed by atoms with Crippen LogP contribution in [0.1, 0.15) is 17.0 Å². The number of aryl methyl sites for hydroxylation is 2. The van der Waals surface area contributed by atoms with Crippen molar-refractivity contribution < 1.29 is 22.3 Å². The maximum atomic E-state index is 12.6. The second-order valence-electron chi connectivity index (χ2n) is 11.6. The van der Waals surface area contributed by atoms with Gasteiger partial charge in [0.25, 0.3) is 11.9 Å². The second kappa shape index (κ2) is 14.4. The number of rotatable bonds is 11. The molecule has 7 aromatic rings. The van der Waals surface area contributed by atoms with Gasteiger partial charge in [0.2, 0.25) is 0 Å². The van der Waals surface area contributed by atoms with Gasteiger partial charge in [-0.2, -0.15) is 44.7 Å². The Labute approximate surface area is 313 Å². The van der Waals surface area contributed by atoms with Crippen LogP contribution in [0, 0.1) is 13.8 Å². The van der Waals surface area contributed by atoms with E-state index in [1.165, 1.54) is 21.8 Å². The molecule has 0 aliphatic carbocycles. The predicted octanol–water partition coefficient (Wildman–Crippen LogP) is 3.71. The minimum absolute atomic E-state index is 0.0498. The summed E-state index contributed by atoms with van der Waals surface area (Å²) in [4.78, 5) is 12.1. The topological polar surface area (TPSA) is 306 Å². The molecule has 0 amide bonds. The first-order valence-electron chi connectivity index (χ1n) is 15.8. The summed E-state index contributed by atoms with van der Waals surface area (Å²) in [7, 11) is -3.76. The zero-order valence-corrected chi connectivity index (χ0v) is 30.5. The molecule has 24 heteroatoms. The molecular formula is C31H28N17O5S2-. The molecule has 5 N–H and O–H groups in total. The van der Waals surface area contributed by atoms with Gasteiger partial charge < -0.3 is 21.1 Å². The van der Waals surface area contributed by atoms with E-state index in [0.717, 1.165) is 15.6 Å². The first-order chi connectivity index (χ1) is 26.3. The molecule has 1 unspecified atom stereocenters. The number of para-hydroxylation sites is 2. The minimum Gasteiger partial charge on any atom is -0.772 e. The zero-order chi connectivity index (χ0) is 39.0. The first-order valence-corrected chi connectivity index (χ1v) is 18.9. The Morgan fingerprint density at radius 2 is 1.20 bits per heavy atom. The number of benzene rings is 2. The average molecular weight is 783 g/mol. The summed E-state index contributed by atoms with van der Waals surface area (Å²) in [6, 6.07) is 16.9. The number of anilines is 2. The van der Waals surface area contributed by atoms with Crippen LogP contribution in [0.5, 0.6) is 6.01 Å². The van der Waals surface area contributed by atoms with Crippen LogP contribution >= 0.6 is 0 Å². The van der Waals surface area contributed by atoms with E-state index in [9.17, 15) is 22.3 Å². The van der Waals surface area contributed by atoms with Crippen LogP contribution in [0.25, 0.3) is 23.3 Å². The Hall–Kier alpha value is -7.05. The van der Waals surface area contributed by atoms with Crippen molar-refractivity contribution in [2.45, 2.75) is 24.5 Å². The van der Waals surface area contributed by atoms with Gasteiger partial charge in [-0.3, -0.25) is 4.21 Å². The number of aromatic hydroxyl groups is 1. The molecular weight excluding hydrogens is 755 g/mol. The van der Waals surface area contributed by atoms with Gasteiger partial charge in [0.15, 0.2) is 44.5 Å². The van der Waals surface area contributed by atoms with E-state index in [4.69, 9.17) is 11.5 Å². The number of hydrogen-bond donors (Lipinski definition) is 3. The van der Waals surface area contributed by atoms with Crippen LogP contribution in [0.15, 0.2) is 98.4 Å². The number of aromatic nitrogens is 11. The highest BCUT2D eigenvalue weighted by Crippen LogP contribution is 2.35. The molecule has 55 heavy (non-hydrogen) atoms. The quantitative estimate of drug-likeness (QED) is 0.124. The van der Waals surface area contributed by atoms with Gasteiger partial charge in [-0.05, 0) is 38.1 Å². The number of nitrogens with two attached hydrogens (primary N) is 2. The normalized spacial score (nSPS) is 12.7. The predicted molar refractivity (Wildman–Crippen MR) is 195 cm³/mol. The summed E-state index contributed by atoms with van der Waals surface area (Å²) in [5, 5.41) is 44.8. The van der Waals surface area contributed by atoms with E-state index in [1.54, 1.807) is 68.4 Å². The lowest BCUT2D eigenvalue weighted by Crippen LogP contribution is -2.13. The highest BCUT2D eigenvalue weighted by Gasteiger charge is 2.24. The maximum Gasteiger partial charge on any atom is 0.320 e. The second-order valence-corrected chi connectivity index (χ2v) is 14.5. The molecule has 280 valence electrons. The number of sulfone groups is 1. The molecule has 0 aliphatic rings. The van der Waals surface area contributed by atoms with Crippen molar-refractivity contribution in [2.75, 3.05) is 17.7 Å². The number of azo groups is 2. The third-order valence-electron chi connectivity index (χ3n) is 7.80. The van der Waals surface area contributed by atoms with Gasteiger partial charge in [-0.25, -0.2) is 17.8 Å². The van der Waals surface area contributed by atoms with E-state index >= 15 is 0 Å². The Kier molecular flexibility index (Phi) is 9.51. The smallest absolute Gasteiger partial charge is 0.320 e. The molecule has 2 aromatic carbocycles. The van der Waals surface area contributed by atoms with Gasteiger partial charge >= 0.3 is 6.01 Å². The third kappa shape index (κ3) is 7.18. The monoisotopic (exact) mass is 782 g/mol. The third-order valence-corrected chi connectivity index (χ3v) is 9.43. The molecule has 5 heterocycles. The fourth-order valence-corrected chi connectivity index (χ4v) is 6.42. The van der Waals surface area contributed by atoms with Crippen molar-refractivity contribution in [3.63, 3.8) is 0 Å². The van der Waals surface area contributed by atoms with Gasteiger partial charge in [0, 0.05) is 17.6 Å². The Bertz CT molecular complexity index is 2760. The Morgan fingerprint density at radius 1 is 0.727 bits per heavy atom. The zero-order valence-electron chi connectivity index (χ0n) is 28.9. The Balaban J connectivity index is 1.24. The SMILES string of the molecule is Cc1nn(-c2nc(O)nc(-n3nc(C)c(N=Nc4c(S(C)(=O)=O)cnn4-c4ccccc4)c3N)n2)c(N)c1N=Nc1c(CS(=O)[O-])cnn1-c1ccccc1. The van der Waals surface area contributed by atoms with E-state index in [0.29, 0.717) is 16.9 Å². The van der Waals surface area contributed by atoms with E-state index < -0.39 is 26.9 Å². The molecule has 1 atom stereocenters. The number of hydrogen-bond acceptors (Lipinski definition) is 18. The number of nitrogen functional groups attached to an aromatic ring is 2. The van der Waals surface area contributed by atoms with Crippen molar-refractivity contribution in [1.82, 2.24) is 54.1 Å². The van der Waals surface area contributed by atoms with Crippen LogP contribution in [-0.2, 0) is 26.7 Å². The number of nitrogens with zero attached hydrogens (tertiary/aromatic N) is 15. The summed E-state index contributed by atoms with van der Waals surface area (Å²) in [6.45, 7) is 3.17. The van der Waals surface area contributed by atoms with Gasteiger partial charge in [-0.1, -0.05) is 47.5 Å². The van der Waals surface area contributed by atoms with Crippen LogP contribution in [0.4, 0.5) is 34.6 Å². The summed E-state index contributed by atoms with van der Waals surface area (Å²) in [6.07, 6.45) is 3.59. The van der Waals surface area contributed by atoms with E-state index in [1.807, 2.05) is 6.07 Å². The molecule has 5 aromatic heterocycles. The lowest BCUT2D eigenvalue weighted by Gasteiger charge is -2.07. The lowest BCUT2D eigenvalue weighted by atomic mass is 10.3. The highest BCUT2D eigenvalue weighted by molar-refractivity contribution is 7.90. The van der Waals surface area contributed by atoms with Crippen molar-refractivity contribution in [1.29, 1.82) is 0 Å². The molecule has 0 fully saturated rings. The van der Waals surface area contributed by atoms with Crippen LogP contribution in [-0.4, -0.2) is 82.6 Å². The fraction of sp³-hybridized carbons (Fsp3) is 0.129. The highest BCUT2D eigenvalue weighted by atomic mass is 32.2. The summed E-state index contributed by atoms with van der Waals surface area (Å²) in [5.74, 6) is -0.992. The van der Waals surface area contributed by atoms with Crippen LogP contribution < -0.4 is 11.5 Å². The summed E-state index contributed by atoms with van der Waals surface area (Å²) in [5.41, 5.74) is 15.0.